The molecule has 4 atom stereocenters. The Bertz CT molecular complexity index is 2140. The number of aliphatic hydroxyl groups excluding tert-OH is 1. The Kier molecular flexibility index (Phi) is 28.1. The average molecular weight is 1120 g/mol. The number of hydrogen-bond donors (Lipinski definition) is 6. The summed E-state index contributed by atoms with van der Waals surface area (Å²) in [6.07, 6.45) is 0.689. The van der Waals surface area contributed by atoms with E-state index in [4.69, 9.17) is 68.0 Å². The number of benzene rings is 1. The molecule has 1 aliphatic heterocycles. The van der Waals surface area contributed by atoms with E-state index in [0.29, 0.717) is 65.9 Å². The van der Waals surface area contributed by atoms with Gasteiger partial charge in [-0.25, -0.2) is 19.7 Å². The first-order valence-corrected chi connectivity index (χ1v) is 26.3. The first kappa shape index (κ1) is 62.0. The zero-order valence-electron chi connectivity index (χ0n) is 42.2. The van der Waals surface area contributed by atoms with Gasteiger partial charge in [-0.3, -0.25) is 24.5 Å². The van der Waals surface area contributed by atoms with E-state index in [1.165, 1.54) is 17.3 Å². The maximum absolute atomic E-state index is 13.9. The molecule has 26 heteroatoms. The van der Waals surface area contributed by atoms with Gasteiger partial charge in [0, 0.05) is 51.3 Å². The average Bonchev–Trinajstić information content (AvgIpc) is 3.98. The highest BCUT2D eigenvalue weighted by Crippen LogP contribution is 2.31. The van der Waals surface area contributed by atoms with Gasteiger partial charge in [0.15, 0.2) is 6.17 Å². The zero-order valence-corrected chi connectivity index (χ0v) is 45.3. The van der Waals surface area contributed by atoms with E-state index >= 15 is 0 Å². The van der Waals surface area contributed by atoms with Gasteiger partial charge in [-0.15, -0.1) is 11.3 Å². The maximum Gasteiger partial charge on any atom is 0.408 e. The molecule has 1 fully saturated rings. The molecule has 412 valence electrons. The molecule has 3 aromatic rings. The lowest BCUT2D eigenvalue weighted by Crippen LogP contribution is -2.57. The lowest BCUT2D eigenvalue weighted by Gasteiger charge is -2.35. The van der Waals surface area contributed by atoms with Crippen LogP contribution in [0.2, 0.25) is 0 Å². The Morgan fingerprint density at radius 3 is 1.84 bits per heavy atom. The molecule has 1 aromatic carbocycles. The van der Waals surface area contributed by atoms with Crippen molar-refractivity contribution >= 4 is 81.8 Å². The monoisotopic (exact) mass is 1120 g/mol. The van der Waals surface area contributed by atoms with Gasteiger partial charge in [0.1, 0.15) is 12.1 Å². The minimum Gasteiger partial charge on any atom is -0.449 e. The Labute approximate surface area is 450 Å². The van der Waals surface area contributed by atoms with Crippen molar-refractivity contribution < 1.29 is 62.2 Å². The molecular formula is C48H70Cl3N9O13S. The number of β-amino-alcohol motifs (C(OH)–C–C–N with tert-alkyl or cyclic N) is 1. The Morgan fingerprint density at radius 2 is 1.31 bits per heavy atom. The third kappa shape index (κ3) is 24.0. The second-order valence-corrected chi connectivity index (χ2v) is 21.0. The van der Waals surface area contributed by atoms with Crippen LogP contribution in [0.4, 0.5) is 10.7 Å². The number of aromatic nitrogens is 3. The van der Waals surface area contributed by atoms with Crippen LogP contribution >= 0.6 is 46.1 Å². The van der Waals surface area contributed by atoms with Crippen LogP contribution in [0.3, 0.4) is 0 Å². The number of hydrogen-bond acceptors (Lipinski definition) is 18. The molecule has 0 saturated carbocycles. The molecule has 6 N–H and O–H groups in total. The minimum absolute atomic E-state index is 0.00718. The summed E-state index contributed by atoms with van der Waals surface area (Å²) in [5.74, 6) is -1.26. The lowest BCUT2D eigenvalue weighted by molar-refractivity contribution is -0.144. The highest BCUT2D eigenvalue weighted by Gasteiger charge is 2.44. The van der Waals surface area contributed by atoms with E-state index < -0.39 is 45.6 Å². The molecule has 74 heavy (non-hydrogen) atoms. The Balaban J connectivity index is 0.925. The van der Waals surface area contributed by atoms with Crippen LogP contribution < -0.4 is 26.6 Å². The summed E-state index contributed by atoms with van der Waals surface area (Å²) in [6.45, 7) is 11.7. The topological polar surface area (TPSA) is 272 Å². The number of rotatable bonds is 34. The van der Waals surface area contributed by atoms with Gasteiger partial charge in [-0.1, -0.05) is 79.8 Å². The highest BCUT2D eigenvalue weighted by molar-refractivity contribution is 7.13. The van der Waals surface area contributed by atoms with Crippen molar-refractivity contribution in [3.8, 4) is 10.4 Å². The number of nitrogens with one attached hydrogen (secondary N) is 5. The van der Waals surface area contributed by atoms with Crippen LogP contribution in [-0.4, -0.2) is 182 Å². The van der Waals surface area contributed by atoms with Gasteiger partial charge < -0.3 is 64.4 Å². The molecule has 0 radical (unpaired) electrons. The molecule has 2 aromatic heterocycles. The number of alkyl halides is 3. The van der Waals surface area contributed by atoms with Crippen LogP contribution in [0.5, 0.6) is 0 Å². The van der Waals surface area contributed by atoms with E-state index in [1.807, 2.05) is 52.0 Å². The summed E-state index contributed by atoms with van der Waals surface area (Å²) in [7, 11) is 0. The molecule has 4 rings (SSSR count). The summed E-state index contributed by atoms with van der Waals surface area (Å²) in [5.41, 5.74) is 4.01. The number of nitrogens with zero attached hydrogens (tertiary/aromatic N) is 4. The summed E-state index contributed by atoms with van der Waals surface area (Å²) >= 11 is 19.4. The van der Waals surface area contributed by atoms with Gasteiger partial charge in [-0.05, 0) is 36.0 Å². The van der Waals surface area contributed by atoms with Crippen LogP contribution in [0.1, 0.15) is 57.7 Å². The van der Waals surface area contributed by atoms with Gasteiger partial charge in [0.05, 0.1) is 108 Å². The minimum atomic E-state index is -1.93. The molecule has 22 nitrogen and oxygen atoms in total. The van der Waals surface area contributed by atoms with Crippen LogP contribution in [0.15, 0.2) is 48.2 Å². The molecule has 5 amide bonds. The molecule has 3 heterocycles. The largest absolute Gasteiger partial charge is 0.449 e. The third-order valence-electron chi connectivity index (χ3n) is 10.8. The van der Waals surface area contributed by atoms with Gasteiger partial charge in [0.2, 0.25) is 33.4 Å². The van der Waals surface area contributed by atoms with E-state index in [0.717, 1.165) is 21.7 Å². The number of anilines is 1. The van der Waals surface area contributed by atoms with Crippen molar-refractivity contribution in [1.82, 2.24) is 41.1 Å². The summed E-state index contributed by atoms with van der Waals surface area (Å²) in [5, 5.41) is 24.1. The summed E-state index contributed by atoms with van der Waals surface area (Å²) < 4.78 is 36.2. The van der Waals surface area contributed by atoms with Gasteiger partial charge >= 0.3 is 6.09 Å². The van der Waals surface area contributed by atoms with Crippen molar-refractivity contribution in [2.75, 3.05) is 104 Å². The summed E-state index contributed by atoms with van der Waals surface area (Å²) in [4.78, 5) is 79.2. The van der Waals surface area contributed by atoms with Crippen molar-refractivity contribution in [1.29, 1.82) is 0 Å². The van der Waals surface area contributed by atoms with Crippen molar-refractivity contribution in [3.63, 3.8) is 0 Å². The first-order valence-electron chi connectivity index (χ1n) is 24.2. The van der Waals surface area contributed by atoms with Gasteiger partial charge in [-0.2, -0.15) is 0 Å². The van der Waals surface area contributed by atoms with Crippen LogP contribution in [0, 0.1) is 12.3 Å². The number of ether oxygens (including phenoxy) is 7. The standard InChI is InChI=1S/C48H70Cl3N9O13S/c1-33-40(74-32-56-33)35-9-7-34(8-10-35)30-55-42(64)37-29-36(61)31-60(37)43(65)41(47(2,3)4)57-39(63)12-18-68-20-22-70-24-26-72-28-27-71-25-23-69-21-19-67-17-11-38(62)52-15-6-16-73-46(66)59-44(48(49,50)51)58-45-53-13-5-14-54-45/h5,7-10,13-14,32,36-37,41,44,61H,6,11-12,15-31H2,1-4H3,(H,52,62)(H,55,64)(H,57,63)(H,59,66)(H,53,54,58). The van der Waals surface area contributed by atoms with Gasteiger partial charge in [0.25, 0.3) is 0 Å². The van der Waals surface area contributed by atoms with Crippen molar-refractivity contribution in [3.05, 3.63) is 59.5 Å². The normalized spacial score (nSPS) is 15.5. The van der Waals surface area contributed by atoms with Crippen molar-refractivity contribution in [2.45, 2.75) is 88.1 Å². The van der Waals surface area contributed by atoms with Crippen LogP contribution in [-0.2, 0) is 58.9 Å². The molecule has 4 unspecified atom stereocenters. The van der Waals surface area contributed by atoms with Crippen LogP contribution in [0.25, 0.3) is 10.4 Å². The summed E-state index contributed by atoms with van der Waals surface area (Å²) in [6, 6.07) is 7.62. The fourth-order valence-electron chi connectivity index (χ4n) is 6.96. The maximum atomic E-state index is 13.9. The number of halogens is 3. The van der Waals surface area contributed by atoms with E-state index in [1.54, 1.807) is 22.9 Å². The molecule has 0 aliphatic carbocycles. The second kappa shape index (κ2) is 33.5. The van der Waals surface area contributed by atoms with E-state index in [-0.39, 0.29) is 89.0 Å². The third-order valence-corrected chi connectivity index (χ3v) is 12.5. The fourth-order valence-corrected chi connectivity index (χ4v) is 8.10. The lowest BCUT2D eigenvalue weighted by atomic mass is 9.85. The number of amides is 5. The molecule has 0 spiro atoms. The molecular weight excluding hydrogens is 1050 g/mol. The number of aryl methyl sites for hydroxylation is 1. The van der Waals surface area contributed by atoms with E-state index in [2.05, 4.69) is 41.5 Å². The number of carbonyl (C=O) groups excluding carboxylic acids is 5. The number of aliphatic hydroxyl groups is 1. The Morgan fingerprint density at radius 1 is 0.757 bits per heavy atom. The predicted octanol–water partition coefficient (Wildman–Crippen LogP) is 3.94. The zero-order chi connectivity index (χ0) is 53.8. The Hall–Kier alpha value is -4.53. The first-order chi connectivity index (χ1) is 35.4. The van der Waals surface area contributed by atoms with E-state index in [9.17, 15) is 29.1 Å². The number of alkyl carbamates (subject to hydrolysis) is 1. The molecule has 0 bridgehead atoms. The SMILES string of the molecule is Cc1ncsc1-c1ccc(CNC(=O)C2CC(O)CN2C(=O)C(NC(=O)CCOCCOCCOCCOCCOCCOCCC(=O)NCCCOC(=O)NC(Nc2ncccn2)C(Cl)(Cl)Cl)C(C)(C)C)cc1. The number of likely N-dealkylation sites (tertiary alicyclic amines) is 1. The predicted molar refractivity (Wildman–Crippen MR) is 278 cm³/mol. The number of thiazole rings is 1. The highest BCUT2D eigenvalue weighted by atomic mass is 35.6. The quantitative estimate of drug-likeness (QED) is 0.0281. The number of carbonyl (C=O) groups is 5. The van der Waals surface area contributed by atoms with Crippen molar-refractivity contribution in [2.24, 2.45) is 5.41 Å². The second-order valence-electron chi connectivity index (χ2n) is 17.8. The fraction of sp³-hybridized carbons (Fsp3) is 0.625. The molecule has 1 saturated heterocycles. The molecule has 1 aliphatic rings. The smallest absolute Gasteiger partial charge is 0.408 e.